The molecule has 1 heterocycles. The van der Waals surface area contributed by atoms with Crippen molar-refractivity contribution in [3.8, 4) is 6.01 Å². The molecule has 2 rings (SSSR count). The van der Waals surface area contributed by atoms with Crippen LogP contribution in [0.5, 0.6) is 6.01 Å². The van der Waals surface area contributed by atoms with Crippen molar-refractivity contribution >= 4 is 11.9 Å². The largest absolute Gasteiger partial charge is 0.464 e. The van der Waals surface area contributed by atoms with E-state index < -0.39 is 0 Å². The summed E-state index contributed by atoms with van der Waals surface area (Å²) in [5.74, 6) is 0.590. The lowest BCUT2D eigenvalue weighted by Crippen LogP contribution is -2.11. The predicted octanol–water partition coefficient (Wildman–Crippen LogP) is 1.51. The predicted molar refractivity (Wildman–Crippen MR) is 74.0 cm³/mol. The second kappa shape index (κ2) is 6.53. The van der Waals surface area contributed by atoms with Gasteiger partial charge in [-0.1, -0.05) is 30.3 Å². The molecule has 0 unspecified atom stereocenters. The molecule has 19 heavy (non-hydrogen) atoms. The van der Waals surface area contributed by atoms with Crippen LogP contribution in [-0.4, -0.2) is 28.1 Å². The number of nitrogens with zero attached hydrogens (tertiary/aromatic N) is 3. The SMILES string of the molecule is CCOc1nc(N)nc(NCCc2ccccc2)n1. The fourth-order valence-corrected chi connectivity index (χ4v) is 1.61. The summed E-state index contributed by atoms with van der Waals surface area (Å²) in [4.78, 5) is 12.0. The van der Waals surface area contributed by atoms with E-state index in [1.54, 1.807) is 0 Å². The van der Waals surface area contributed by atoms with Gasteiger partial charge in [-0.05, 0) is 18.9 Å². The molecule has 6 nitrogen and oxygen atoms in total. The number of hydrogen-bond acceptors (Lipinski definition) is 6. The van der Waals surface area contributed by atoms with Crippen LogP contribution in [0.3, 0.4) is 0 Å². The molecule has 0 fully saturated rings. The molecule has 0 amide bonds. The van der Waals surface area contributed by atoms with Gasteiger partial charge in [0.25, 0.3) is 0 Å². The molecule has 100 valence electrons. The van der Waals surface area contributed by atoms with Gasteiger partial charge in [-0.2, -0.15) is 15.0 Å². The maximum atomic E-state index is 5.59. The molecule has 2 aromatic rings. The van der Waals surface area contributed by atoms with Crippen LogP contribution in [-0.2, 0) is 6.42 Å². The molecule has 0 bridgehead atoms. The van der Waals surface area contributed by atoms with Crippen molar-refractivity contribution < 1.29 is 4.74 Å². The number of nitrogens with two attached hydrogens (primary N) is 1. The summed E-state index contributed by atoms with van der Waals surface area (Å²) in [6.45, 7) is 3.08. The Balaban J connectivity index is 1.92. The molecule has 0 atom stereocenters. The van der Waals surface area contributed by atoms with Gasteiger partial charge in [0.2, 0.25) is 11.9 Å². The smallest absolute Gasteiger partial charge is 0.323 e. The van der Waals surface area contributed by atoms with Crippen molar-refractivity contribution in [3.63, 3.8) is 0 Å². The number of benzene rings is 1. The molecular formula is C13H17N5O. The number of ether oxygens (including phenoxy) is 1. The minimum absolute atomic E-state index is 0.153. The summed E-state index contributed by atoms with van der Waals surface area (Å²) in [6, 6.07) is 10.4. The van der Waals surface area contributed by atoms with E-state index in [2.05, 4.69) is 32.4 Å². The van der Waals surface area contributed by atoms with Crippen LogP contribution in [0, 0.1) is 0 Å². The summed E-state index contributed by atoms with van der Waals surface area (Å²) < 4.78 is 5.21. The van der Waals surface area contributed by atoms with Gasteiger partial charge >= 0.3 is 6.01 Å². The molecular weight excluding hydrogens is 242 g/mol. The lowest BCUT2D eigenvalue weighted by atomic mass is 10.1. The Bertz CT molecular complexity index is 518. The van der Waals surface area contributed by atoms with Gasteiger partial charge in [0.1, 0.15) is 0 Å². The van der Waals surface area contributed by atoms with Crippen LogP contribution in [0.4, 0.5) is 11.9 Å². The molecule has 3 N–H and O–H groups in total. The van der Waals surface area contributed by atoms with Gasteiger partial charge in [0.15, 0.2) is 0 Å². The Labute approximate surface area is 112 Å². The number of anilines is 2. The van der Waals surface area contributed by atoms with Crippen LogP contribution >= 0.6 is 0 Å². The number of nitrogens with one attached hydrogen (secondary N) is 1. The molecule has 0 aliphatic heterocycles. The summed E-state index contributed by atoms with van der Waals surface area (Å²) in [6.07, 6.45) is 0.885. The third-order valence-electron chi connectivity index (χ3n) is 2.45. The van der Waals surface area contributed by atoms with Crippen molar-refractivity contribution in [2.75, 3.05) is 24.2 Å². The van der Waals surface area contributed by atoms with Crippen LogP contribution in [0.15, 0.2) is 30.3 Å². The molecule has 0 aliphatic carbocycles. The molecule has 0 saturated heterocycles. The lowest BCUT2D eigenvalue weighted by molar-refractivity contribution is 0.312. The number of hydrogen-bond donors (Lipinski definition) is 2. The first-order valence-electron chi connectivity index (χ1n) is 6.20. The number of aromatic nitrogens is 3. The number of rotatable bonds is 6. The van der Waals surface area contributed by atoms with Crippen molar-refractivity contribution in [1.82, 2.24) is 15.0 Å². The van der Waals surface area contributed by atoms with Crippen molar-refractivity contribution in [2.45, 2.75) is 13.3 Å². The first-order chi connectivity index (χ1) is 9.28. The molecule has 1 aromatic heterocycles. The standard InChI is InChI=1S/C13H17N5O/c1-2-19-13-17-11(14)16-12(18-13)15-9-8-10-6-4-3-5-7-10/h3-7H,2,8-9H2,1H3,(H3,14,15,16,17,18). The fourth-order valence-electron chi connectivity index (χ4n) is 1.61. The Morgan fingerprint density at radius 1 is 1.16 bits per heavy atom. The topological polar surface area (TPSA) is 86.0 Å². The third kappa shape index (κ3) is 4.09. The van der Waals surface area contributed by atoms with Gasteiger partial charge in [-0.15, -0.1) is 0 Å². The maximum Gasteiger partial charge on any atom is 0.323 e. The maximum absolute atomic E-state index is 5.59. The van der Waals surface area contributed by atoms with Crippen LogP contribution in [0.1, 0.15) is 12.5 Å². The highest BCUT2D eigenvalue weighted by Crippen LogP contribution is 2.09. The molecule has 0 radical (unpaired) electrons. The van der Waals surface area contributed by atoms with E-state index in [-0.39, 0.29) is 12.0 Å². The summed E-state index contributed by atoms with van der Waals surface area (Å²) in [5.41, 5.74) is 6.84. The molecule has 1 aromatic carbocycles. The Hall–Kier alpha value is -2.37. The quantitative estimate of drug-likeness (QED) is 0.817. The average Bonchev–Trinajstić information content (AvgIpc) is 2.40. The van der Waals surface area contributed by atoms with Crippen molar-refractivity contribution in [2.24, 2.45) is 0 Å². The fraction of sp³-hybridized carbons (Fsp3) is 0.308. The highest BCUT2D eigenvalue weighted by molar-refractivity contribution is 5.32. The average molecular weight is 259 g/mol. The van der Waals surface area contributed by atoms with Crippen molar-refractivity contribution in [3.05, 3.63) is 35.9 Å². The minimum Gasteiger partial charge on any atom is -0.464 e. The second-order valence-corrected chi connectivity index (χ2v) is 3.90. The third-order valence-corrected chi connectivity index (χ3v) is 2.45. The highest BCUT2D eigenvalue weighted by Gasteiger charge is 2.04. The van der Waals surface area contributed by atoms with Crippen LogP contribution in [0.25, 0.3) is 0 Å². The zero-order valence-corrected chi connectivity index (χ0v) is 10.8. The monoisotopic (exact) mass is 259 g/mol. The van der Waals surface area contributed by atoms with E-state index in [9.17, 15) is 0 Å². The second-order valence-electron chi connectivity index (χ2n) is 3.90. The van der Waals surface area contributed by atoms with Crippen LogP contribution < -0.4 is 15.8 Å². The first kappa shape index (κ1) is 13.1. The Morgan fingerprint density at radius 3 is 2.68 bits per heavy atom. The van der Waals surface area contributed by atoms with E-state index >= 15 is 0 Å². The van der Waals surface area contributed by atoms with E-state index in [4.69, 9.17) is 10.5 Å². The normalized spacial score (nSPS) is 10.2. The van der Waals surface area contributed by atoms with Gasteiger partial charge in [-0.25, -0.2) is 0 Å². The minimum atomic E-state index is 0.153. The Morgan fingerprint density at radius 2 is 1.95 bits per heavy atom. The zero-order chi connectivity index (χ0) is 13.5. The van der Waals surface area contributed by atoms with Gasteiger partial charge in [0, 0.05) is 6.54 Å². The molecule has 0 spiro atoms. The highest BCUT2D eigenvalue weighted by atomic mass is 16.5. The van der Waals surface area contributed by atoms with Gasteiger partial charge < -0.3 is 15.8 Å². The number of nitrogen functional groups attached to an aromatic ring is 1. The molecule has 0 aliphatic rings. The van der Waals surface area contributed by atoms with Crippen LogP contribution in [0.2, 0.25) is 0 Å². The summed E-state index contributed by atoms with van der Waals surface area (Å²) >= 11 is 0. The lowest BCUT2D eigenvalue weighted by Gasteiger charge is -2.07. The zero-order valence-electron chi connectivity index (χ0n) is 10.8. The van der Waals surface area contributed by atoms with E-state index in [0.717, 1.165) is 13.0 Å². The van der Waals surface area contributed by atoms with Gasteiger partial charge in [0.05, 0.1) is 6.61 Å². The molecule has 0 saturated carbocycles. The van der Waals surface area contributed by atoms with E-state index in [1.165, 1.54) is 5.56 Å². The summed E-state index contributed by atoms with van der Waals surface area (Å²) in [7, 11) is 0. The first-order valence-corrected chi connectivity index (χ1v) is 6.20. The Kier molecular flexibility index (Phi) is 4.49. The van der Waals surface area contributed by atoms with E-state index in [0.29, 0.717) is 12.6 Å². The van der Waals surface area contributed by atoms with Crippen molar-refractivity contribution in [1.29, 1.82) is 0 Å². The van der Waals surface area contributed by atoms with E-state index in [1.807, 2.05) is 25.1 Å². The summed E-state index contributed by atoms with van der Waals surface area (Å²) in [5, 5.41) is 3.11. The van der Waals surface area contributed by atoms with Gasteiger partial charge in [-0.3, -0.25) is 0 Å². The molecule has 6 heteroatoms.